The molecular weight excluding hydrogens is 443 g/mol. The summed E-state index contributed by atoms with van der Waals surface area (Å²) in [6.45, 7) is 2.35. The average Bonchev–Trinajstić information content (AvgIpc) is 2.98. The Morgan fingerprint density at radius 3 is 1.97 bits per heavy atom. The van der Waals surface area contributed by atoms with Gasteiger partial charge in [-0.15, -0.1) is 0 Å². The third-order valence-corrected chi connectivity index (χ3v) is 6.55. The largest absolute Gasteiger partial charge is 0.354 e. The molecule has 9 heteroatoms. The summed E-state index contributed by atoms with van der Waals surface area (Å²) in [7, 11) is -3.99. The molecule has 1 saturated heterocycles. The number of hydrogen-bond donors (Lipinski definition) is 3. The third-order valence-electron chi connectivity index (χ3n) is 5.95. The van der Waals surface area contributed by atoms with Gasteiger partial charge in [0.15, 0.2) is 0 Å². The van der Waals surface area contributed by atoms with Gasteiger partial charge in [-0.1, -0.05) is 77.2 Å². The zero-order valence-electron chi connectivity index (χ0n) is 20.2. The number of nitrogens with one attached hydrogen (secondary N) is 1. The highest BCUT2D eigenvalue weighted by atomic mass is 31.2. The molecule has 0 saturated carbocycles. The normalized spacial score (nSPS) is 16.8. The molecule has 0 spiro atoms. The quantitative estimate of drug-likeness (QED) is 0.139. The first-order chi connectivity index (χ1) is 15.7. The summed E-state index contributed by atoms with van der Waals surface area (Å²) >= 11 is 0. The van der Waals surface area contributed by atoms with Crippen molar-refractivity contribution in [2.24, 2.45) is 5.92 Å². The number of imide groups is 1. The maximum atomic E-state index is 11.9. The van der Waals surface area contributed by atoms with Gasteiger partial charge in [-0.25, -0.2) is 0 Å². The smallest absolute Gasteiger partial charge is 0.348 e. The van der Waals surface area contributed by atoms with E-state index in [1.807, 2.05) is 0 Å². The number of carbonyl (C=O) groups is 3. The summed E-state index contributed by atoms with van der Waals surface area (Å²) < 4.78 is 10.7. The standard InChI is InChI=1S/C24H43N2O6P/c1-21-20-23(28)26(24(21)29)18-17-25-22(27)16-14-12-10-8-6-4-2-3-5-7-9-11-13-15-19-33(30,31)32/h15,19,21H,2-14,16-18,20H2,1H3,(H,25,27)(H2,30,31,32)/b19-15+. The predicted octanol–water partition coefficient (Wildman–Crippen LogP) is 4.65. The van der Waals surface area contributed by atoms with E-state index in [-0.39, 0.29) is 36.6 Å². The highest BCUT2D eigenvalue weighted by molar-refractivity contribution is 7.55. The summed E-state index contributed by atoms with van der Waals surface area (Å²) in [5, 5.41) is 2.80. The van der Waals surface area contributed by atoms with Crippen LogP contribution in [0.3, 0.4) is 0 Å². The van der Waals surface area contributed by atoms with Crippen molar-refractivity contribution in [2.75, 3.05) is 13.1 Å². The van der Waals surface area contributed by atoms with E-state index in [0.29, 0.717) is 13.0 Å². The van der Waals surface area contributed by atoms with Crippen molar-refractivity contribution < 1.29 is 28.7 Å². The fourth-order valence-electron chi connectivity index (χ4n) is 4.01. The first-order valence-electron chi connectivity index (χ1n) is 12.5. The van der Waals surface area contributed by atoms with Crippen molar-refractivity contribution in [3.8, 4) is 0 Å². The molecule has 0 aromatic rings. The summed E-state index contributed by atoms with van der Waals surface area (Å²) in [6.07, 6.45) is 16.8. The molecule has 1 atom stereocenters. The SMILES string of the molecule is CC1CC(=O)N(CCNC(=O)CCCCCCCCCCCCCC/C=C/P(=O)(O)O)C1=O. The van der Waals surface area contributed by atoms with Crippen molar-refractivity contribution >= 4 is 25.3 Å². The van der Waals surface area contributed by atoms with E-state index in [9.17, 15) is 18.9 Å². The van der Waals surface area contributed by atoms with Crippen LogP contribution in [-0.2, 0) is 18.9 Å². The van der Waals surface area contributed by atoms with Gasteiger partial charge < -0.3 is 15.1 Å². The lowest BCUT2D eigenvalue weighted by Gasteiger charge is -2.14. The summed E-state index contributed by atoms with van der Waals surface area (Å²) in [6, 6.07) is 0. The first-order valence-corrected chi connectivity index (χ1v) is 14.2. The van der Waals surface area contributed by atoms with E-state index in [1.165, 1.54) is 49.8 Å². The molecule has 190 valence electrons. The van der Waals surface area contributed by atoms with Gasteiger partial charge in [0.1, 0.15) is 0 Å². The van der Waals surface area contributed by atoms with Gasteiger partial charge in [0.2, 0.25) is 17.7 Å². The number of rotatable bonds is 19. The van der Waals surface area contributed by atoms with Crippen LogP contribution in [0.4, 0.5) is 0 Å². The Balaban J connectivity index is 1.82. The molecule has 0 aliphatic carbocycles. The Kier molecular flexibility index (Phi) is 15.2. The van der Waals surface area contributed by atoms with Crippen LogP contribution in [0.15, 0.2) is 11.9 Å². The predicted molar refractivity (Wildman–Crippen MR) is 129 cm³/mol. The first kappa shape index (κ1) is 29.5. The zero-order chi connectivity index (χ0) is 24.5. The lowest BCUT2D eigenvalue weighted by atomic mass is 10.0. The minimum atomic E-state index is -3.99. The fraction of sp³-hybridized carbons (Fsp3) is 0.792. The number of amides is 3. The van der Waals surface area contributed by atoms with Crippen LogP contribution in [0.1, 0.15) is 103 Å². The van der Waals surface area contributed by atoms with E-state index in [1.54, 1.807) is 13.0 Å². The second-order valence-electron chi connectivity index (χ2n) is 9.09. The fourth-order valence-corrected chi connectivity index (χ4v) is 4.43. The second kappa shape index (κ2) is 17.0. The minimum Gasteiger partial charge on any atom is -0.354 e. The molecule has 1 unspecified atom stereocenters. The molecule has 0 aromatic carbocycles. The molecule has 1 rings (SSSR count). The summed E-state index contributed by atoms with van der Waals surface area (Å²) in [5.41, 5.74) is 0. The van der Waals surface area contributed by atoms with Crippen molar-refractivity contribution in [2.45, 2.75) is 103 Å². The van der Waals surface area contributed by atoms with E-state index < -0.39 is 7.60 Å². The monoisotopic (exact) mass is 486 g/mol. The number of unbranched alkanes of at least 4 members (excludes halogenated alkanes) is 12. The van der Waals surface area contributed by atoms with E-state index in [2.05, 4.69) is 5.32 Å². The average molecular weight is 487 g/mol. The molecule has 1 fully saturated rings. The van der Waals surface area contributed by atoms with Crippen molar-refractivity contribution in [1.29, 1.82) is 0 Å². The molecule has 1 aliphatic rings. The Labute approximate surface area is 198 Å². The van der Waals surface area contributed by atoms with Crippen LogP contribution < -0.4 is 5.32 Å². The Bertz CT molecular complexity index is 676. The summed E-state index contributed by atoms with van der Waals surface area (Å²) in [4.78, 5) is 54.1. The number of nitrogens with zero attached hydrogens (tertiary/aromatic N) is 1. The van der Waals surface area contributed by atoms with E-state index in [0.717, 1.165) is 44.3 Å². The molecule has 3 N–H and O–H groups in total. The van der Waals surface area contributed by atoms with Crippen LogP contribution in [0.5, 0.6) is 0 Å². The lowest BCUT2D eigenvalue weighted by Crippen LogP contribution is -2.38. The molecule has 0 aromatic heterocycles. The number of likely N-dealkylation sites (tertiary alicyclic amines) is 1. The Hall–Kier alpha value is -1.50. The molecular formula is C24H43N2O6P. The molecule has 8 nitrogen and oxygen atoms in total. The van der Waals surface area contributed by atoms with Gasteiger partial charge in [-0.05, 0) is 19.3 Å². The van der Waals surface area contributed by atoms with Crippen LogP contribution in [0, 0.1) is 5.92 Å². The molecule has 1 aliphatic heterocycles. The van der Waals surface area contributed by atoms with Crippen molar-refractivity contribution in [3.05, 3.63) is 11.9 Å². The van der Waals surface area contributed by atoms with Crippen molar-refractivity contribution in [3.63, 3.8) is 0 Å². The zero-order valence-corrected chi connectivity index (χ0v) is 21.1. The summed E-state index contributed by atoms with van der Waals surface area (Å²) in [5.74, 6) is 0.457. The van der Waals surface area contributed by atoms with Gasteiger partial charge in [0.25, 0.3) is 0 Å². The maximum Gasteiger partial charge on any atom is 0.348 e. The molecule has 0 radical (unpaired) electrons. The number of hydrogen-bond acceptors (Lipinski definition) is 4. The highest BCUT2D eigenvalue weighted by Crippen LogP contribution is 2.36. The lowest BCUT2D eigenvalue weighted by molar-refractivity contribution is -0.139. The van der Waals surface area contributed by atoms with Gasteiger partial charge in [-0.2, -0.15) is 0 Å². The molecule has 33 heavy (non-hydrogen) atoms. The highest BCUT2D eigenvalue weighted by Gasteiger charge is 2.34. The van der Waals surface area contributed by atoms with Crippen LogP contribution in [0.2, 0.25) is 0 Å². The van der Waals surface area contributed by atoms with Gasteiger partial charge in [-0.3, -0.25) is 23.8 Å². The molecule has 1 heterocycles. The number of allylic oxidation sites excluding steroid dienone is 1. The second-order valence-corrected chi connectivity index (χ2v) is 10.6. The van der Waals surface area contributed by atoms with Gasteiger partial charge >= 0.3 is 7.60 Å². The topological polar surface area (TPSA) is 124 Å². The van der Waals surface area contributed by atoms with E-state index >= 15 is 0 Å². The van der Waals surface area contributed by atoms with Crippen LogP contribution in [-0.4, -0.2) is 45.5 Å². The van der Waals surface area contributed by atoms with Crippen molar-refractivity contribution in [1.82, 2.24) is 10.2 Å². The Morgan fingerprint density at radius 1 is 0.970 bits per heavy atom. The van der Waals surface area contributed by atoms with Crippen LogP contribution >= 0.6 is 7.60 Å². The van der Waals surface area contributed by atoms with Gasteiger partial charge in [0, 0.05) is 37.7 Å². The Morgan fingerprint density at radius 2 is 1.48 bits per heavy atom. The van der Waals surface area contributed by atoms with E-state index in [4.69, 9.17) is 9.79 Å². The number of carbonyl (C=O) groups excluding carboxylic acids is 3. The third kappa shape index (κ3) is 15.1. The van der Waals surface area contributed by atoms with Gasteiger partial charge in [0.05, 0.1) is 0 Å². The molecule has 3 amide bonds. The van der Waals surface area contributed by atoms with Crippen LogP contribution in [0.25, 0.3) is 0 Å². The minimum absolute atomic E-state index is 0.0139. The molecule has 0 bridgehead atoms. The maximum absolute atomic E-state index is 11.9.